The quantitative estimate of drug-likeness (QED) is 0.0704. The molecule has 9 nitrogen and oxygen atoms in total. The van der Waals surface area contributed by atoms with E-state index in [0.29, 0.717) is 112 Å². The van der Waals surface area contributed by atoms with E-state index in [2.05, 4.69) is 97.4 Å². The lowest BCUT2D eigenvalue weighted by Gasteiger charge is -2.43. The largest absolute Gasteiger partial charge is 0.405 e. The highest BCUT2D eigenvalue weighted by molar-refractivity contribution is 9.09. The van der Waals surface area contributed by atoms with Crippen molar-refractivity contribution in [2.75, 3.05) is 118 Å². The Morgan fingerprint density at radius 1 is 0.422 bits per heavy atom. The first-order valence-electron chi connectivity index (χ1n) is 16.0. The number of halogens is 1. The second kappa shape index (κ2) is 25.8. The number of rotatable bonds is 29. The predicted octanol–water partition coefficient (Wildman–Crippen LogP) is 4.09. The topological polar surface area (TPSA) is 83.1 Å². The molecule has 0 aliphatic rings. The molecule has 0 fully saturated rings. The molecular weight excluding hydrogens is 660 g/mol. The summed E-state index contributed by atoms with van der Waals surface area (Å²) in [6.07, 6.45) is 0. The van der Waals surface area contributed by atoms with Gasteiger partial charge in [0.15, 0.2) is 0 Å². The molecule has 45 heavy (non-hydrogen) atoms. The molecule has 0 radical (unpaired) electrons. The van der Waals surface area contributed by atoms with Gasteiger partial charge in [-0.15, -0.1) is 0 Å². The van der Waals surface area contributed by atoms with Crippen molar-refractivity contribution in [2.24, 2.45) is 0 Å². The van der Waals surface area contributed by atoms with Crippen LogP contribution in [0.2, 0.25) is 5.04 Å². The molecule has 0 aliphatic heterocycles. The number of ether oxygens (including phenoxy) is 8. The summed E-state index contributed by atoms with van der Waals surface area (Å²) in [6.45, 7) is 16.1. The third-order valence-electron chi connectivity index (χ3n) is 6.79. The highest BCUT2D eigenvalue weighted by Gasteiger charge is 2.49. The molecular formula is C34H55BrO9Si. The second-order valence-electron chi connectivity index (χ2n) is 11.1. The van der Waals surface area contributed by atoms with E-state index in [-0.39, 0.29) is 5.04 Å². The molecule has 11 heteroatoms. The van der Waals surface area contributed by atoms with Gasteiger partial charge in [0.2, 0.25) is 0 Å². The maximum absolute atomic E-state index is 6.84. The smallest absolute Gasteiger partial charge is 0.261 e. The average Bonchev–Trinajstić information content (AvgIpc) is 3.05. The summed E-state index contributed by atoms with van der Waals surface area (Å²) in [5.74, 6) is 0. The van der Waals surface area contributed by atoms with Gasteiger partial charge in [0.1, 0.15) is 0 Å². The standard InChI is InChI=1S/C34H55BrO9Si/c1-34(2,3)45(32-10-6-4-7-11-32,33-12-8-5-9-13-33)44-31-30-43-29-28-42-27-26-41-25-24-40-23-22-39-21-20-38-19-18-37-17-16-36-15-14-35/h4-13H,14-31H2,1-3H3. The lowest BCUT2D eigenvalue weighted by Crippen LogP contribution is -2.66. The van der Waals surface area contributed by atoms with Gasteiger partial charge in [0, 0.05) is 5.33 Å². The molecule has 0 amide bonds. The fourth-order valence-corrected chi connectivity index (χ4v) is 9.49. The van der Waals surface area contributed by atoms with Gasteiger partial charge < -0.3 is 42.3 Å². The van der Waals surface area contributed by atoms with Gasteiger partial charge in [0.25, 0.3) is 8.32 Å². The van der Waals surface area contributed by atoms with Crippen LogP contribution in [0.5, 0.6) is 0 Å². The number of hydrogen-bond acceptors (Lipinski definition) is 9. The van der Waals surface area contributed by atoms with Crippen LogP contribution < -0.4 is 10.4 Å². The summed E-state index contributed by atoms with van der Waals surface area (Å²) in [4.78, 5) is 0. The zero-order valence-electron chi connectivity index (χ0n) is 27.6. The van der Waals surface area contributed by atoms with Crippen LogP contribution in [0.4, 0.5) is 0 Å². The van der Waals surface area contributed by atoms with Crippen molar-refractivity contribution in [3.05, 3.63) is 60.7 Å². The lowest BCUT2D eigenvalue weighted by molar-refractivity contribution is -0.0234. The molecule has 0 atom stereocenters. The molecule has 0 aromatic heterocycles. The molecule has 2 rings (SSSR count). The van der Waals surface area contributed by atoms with Crippen LogP contribution in [-0.4, -0.2) is 126 Å². The molecule has 0 bridgehead atoms. The van der Waals surface area contributed by atoms with Crippen molar-refractivity contribution in [1.82, 2.24) is 0 Å². The zero-order chi connectivity index (χ0) is 32.3. The maximum atomic E-state index is 6.84. The van der Waals surface area contributed by atoms with Gasteiger partial charge in [0.05, 0.1) is 112 Å². The summed E-state index contributed by atoms with van der Waals surface area (Å²) in [5.41, 5.74) is 0. The first kappa shape index (κ1) is 40.0. The number of benzene rings is 2. The summed E-state index contributed by atoms with van der Waals surface area (Å²) in [7, 11) is -2.53. The normalized spacial score (nSPS) is 12.2. The van der Waals surface area contributed by atoms with Gasteiger partial charge in [-0.05, 0) is 15.4 Å². The van der Waals surface area contributed by atoms with Crippen molar-refractivity contribution in [2.45, 2.75) is 25.8 Å². The van der Waals surface area contributed by atoms with Crippen LogP contribution in [0.25, 0.3) is 0 Å². The third kappa shape index (κ3) is 17.0. The van der Waals surface area contributed by atoms with Crippen molar-refractivity contribution in [1.29, 1.82) is 0 Å². The van der Waals surface area contributed by atoms with E-state index in [1.54, 1.807) is 0 Å². The van der Waals surface area contributed by atoms with E-state index in [9.17, 15) is 0 Å². The number of alkyl halides is 1. The monoisotopic (exact) mass is 714 g/mol. The minimum Gasteiger partial charge on any atom is -0.405 e. The minimum atomic E-state index is -2.53. The first-order valence-corrected chi connectivity index (χ1v) is 19.0. The van der Waals surface area contributed by atoms with E-state index >= 15 is 0 Å². The van der Waals surface area contributed by atoms with Gasteiger partial charge in [-0.25, -0.2) is 0 Å². The summed E-state index contributed by atoms with van der Waals surface area (Å²) in [5, 5.41) is 3.33. The highest BCUT2D eigenvalue weighted by atomic mass is 79.9. The van der Waals surface area contributed by atoms with Crippen molar-refractivity contribution < 1.29 is 42.3 Å². The van der Waals surface area contributed by atoms with Crippen LogP contribution in [-0.2, 0) is 42.3 Å². The molecule has 0 heterocycles. The Balaban J connectivity index is 1.42. The van der Waals surface area contributed by atoms with Crippen LogP contribution in [0.15, 0.2) is 60.7 Å². The van der Waals surface area contributed by atoms with Crippen LogP contribution in [0.1, 0.15) is 20.8 Å². The minimum absolute atomic E-state index is 0.0495. The first-order chi connectivity index (χ1) is 22.0. The Morgan fingerprint density at radius 3 is 0.956 bits per heavy atom. The van der Waals surface area contributed by atoms with Crippen LogP contribution in [0.3, 0.4) is 0 Å². The molecule has 0 spiro atoms. The molecule has 0 aliphatic carbocycles. The SMILES string of the molecule is CC(C)(C)[Si](OCCOCCOCCOCCOCCOCCOCCOCCOCCBr)(c1ccccc1)c1ccccc1. The molecule has 0 saturated carbocycles. The maximum Gasteiger partial charge on any atom is 0.261 e. The molecule has 0 unspecified atom stereocenters. The van der Waals surface area contributed by atoms with E-state index in [4.69, 9.17) is 42.3 Å². The molecule has 2 aromatic carbocycles. The Kier molecular flexibility index (Phi) is 22.9. The second-order valence-corrected chi connectivity index (χ2v) is 16.2. The third-order valence-corrected chi connectivity index (χ3v) is 12.2. The van der Waals surface area contributed by atoms with Gasteiger partial charge >= 0.3 is 0 Å². The van der Waals surface area contributed by atoms with E-state index in [0.717, 1.165) is 5.33 Å². The van der Waals surface area contributed by atoms with Crippen molar-refractivity contribution in [3.63, 3.8) is 0 Å². The van der Waals surface area contributed by atoms with Crippen molar-refractivity contribution >= 4 is 34.6 Å². The Labute approximate surface area is 280 Å². The van der Waals surface area contributed by atoms with Gasteiger partial charge in [-0.2, -0.15) is 0 Å². The Bertz CT molecular complexity index is 895. The molecule has 0 N–H and O–H groups in total. The zero-order valence-corrected chi connectivity index (χ0v) is 30.1. The van der Waals surface area contributed by atoms with Gasteiger partial charge in [-0.3, -0.25) is 0 Å². The van der Waals surface area contributed by atoms with E-state index in [1.165, 1.54) is 10.4 Å². The van der Waals surface area contributed by atoms with E-state index < -0.39 is 8.32 Å². The lowest BCUT2D eigenvalue weighted by atomic mass is 10.2. The summed E-state index contributed by atoms with van der Waals surface area (Å²) < 4.78 is 51.0. The molecule has 0 saturated heterocycles. The van der Waals surface area contributed by atoms with E-state index in [1.807, 2.05) is 0 Å². The Hall–Kier alpha value is -1.22. The van der Waals surface area contributed by atoms with Crippen LogP contribution >= 0.6 is 15.9 Å². The fourth-order valence-electron chi connectivity index (χ4n) is 4.71. The van der Waals surface area contributed by atoms with Gasteiger partial charge in [-0.1, -0.05) is 97.4 Å². The summed E-state index contributed by atoms with van der Waals surface area (Å²) >= 11 is 3.31. The highest BCUT2D eigenvalue weighted by Crippen LogP contribution is 2.36. The average molecular weight is 716 g/mol. The molecule has 2 aromatic rings. The van der Waals surface area contributed by atoms with Crippen molar-refractivity contribution in [3.8, 4) is 0 Å². The predicted molar refractivity (Wildman–Crippen MR) is 184 cm³/mol. The fraction of sp³-hybridized carbons (Fsp3) is 0.647. The van der Waals surface area contributed by atoms with Crippen LogP contribution in [0, 0.1) is 0 Å². The number of hydrogen-bond donors (Lipinski definition) is 0. The molecule has 256 valence electrons. The summed E-state index contributed by atoms with van der Waals surface area (Å²) in [6, 6.07) is 21.3. The Morgan fingerprint density at radius 2 is 0.689 bits per heavy atom.